The van der Waals surface area contributed by atoms with E-state index in [1.165, 1.54) is 98.7 Å². The SMILES string of the molecule is c1ccc(-c2ccc3ccc(-c4c5ccccc5c(-c5ccccc5)c5ccccc45)cc3c2-c2ccc(-c3cccc4ccccc34)cc2)cc1. The number of rotatable bonds is 5. The molecule has 0 nitrogen and oxygen atoms in total. The number of hydrogen-bond donors (Lipinski definition) is 0. The average molecular weight is 659 g/mol. The monoisotopic (exact) mass is 658 g/mol. The molecule has 10 aromatic carbocycles. The fourth-order valence-corrected chi connectivity index (χ4v) is 8.29. The molecule has 0 atom stereocenters. The summed E-state index contributed by atoms with van der Waals surface area (Å²) in [4.78, 5) is 0. The summed E-state index contributed by atoms with van der Waals surface area (Å²) in [6, 6.07) is 75.5. The molecule has 0 amide bonds. The molecule has 0 heterocycles. The minimum Gasteiger partial charge on any atom is -0.0622 e. The second-order valence-electron chi connectivity index (χ2n) is 13.6. The third kappa shape index (κ3) is 5.00. The van der Waals surface area contributed by atoms with Gasteiger partial charge in [-0.3, -0.25) is 0 Å². The van der Waals surface area contributed by atoms with Gasteiger partial charge in [0.1, 0.15) is 0 Å². The van der Waals surface area contributed by atoms with Crippen LogP contribution in [0, 0.1) is 0 Å². The standard InChI is InChI=1S/C52H34/c1-3-14-36(15-4-1)44-33-32-38-28-31-41(34-49(38)50(44)40-29-26-37(27-30-40)43-25-13-19-35-16-7-8-20-42(35)43)52-47-23-11-9-21-45(47)51(39-17-5-2-6-18-39)46-22-10-12-24-48(46)52/h1-34H. The van der Waals surface area contributed by atoms with Crippen molar-refractivity contribution in [1.82, 2.24) is 0 Å². The molecule has 242 valence electrons. The van der Waals surface area contributed by atoms with Crippen molar-refractivity contribution in [2.45, 2.75) is 0 Å². The highest BCUT2D eigenvalue weighted by Gasteiger charge is 2.18. The minimum atomic E-state index is 1.21. The highest BCUT2D eigenvalue weighted by Crippen LogP contribution is 2.46. The van der Waals surface area contributed by atoms with Gasteiger partial charge in [-0.2, -0.15) is 0 Å². The first-order valence-corrected chi connectivity index (χ1v) is 18.0. The van der Waals surface area contributed by atoms with Crippen molar-refractivity contribution >= 4 is 43.1 Å². The van der Waals surface area contributed by atoms with Crippen molar-refractivity contribution in [3.05, 3.63) is 206 Å². The summed E-state index contributed by atoms with van der Waals surface area (Å²) < 4.78 is 0. The molecule has 0 heteroatoms. The molecule has 10 rings (SSSR count). The van der Waals surface area contributed by atoms with Crippen LogP contribution in [0.5, 0.6) is 0 Å². The first-order valence-electron chi connectivity index (χ1n) is 18.0. The molecule has 0 N–H and O–H groups in total. The van der Waals surface area contributed by atoms with E-state index < -0.39 is 0 Å². The van der Waals surface area contributed by atoms with E-state index in [1.807, 2.05) is 0 Å². The molecule has 0 bridgehead atoms. The minimum absolute atomic E-state index is 1.21. The Labute approximate surface area is 303 Å². The van der Waals surface area contributed by atoms with Crippen molar-refractivity contribution < 1.29 is 0 Å². The molecular weight excluding hydrogens is 625 g/mol. The van der Waals surface area contributed by atoms with Gasteiger partial charge in [-0.15, -0.1) is 0 Å². The van der Waals surface area contributed by atoms with Crippen molar-refractivity contribution in [2.24, 2.45) is 0 Å². The van der Waals surface area contributed by atoms with Crippen LogP contribution in [0.3, 0.4) is 0 Å². The molecule has 0 aliphatic heterocycles. The van der Waals surface area contributed by atoms with Crippen LogP contribution in [0.4, 0.5) is 0 Å². The zero-order valence-electron chi connectivity index (χ0n) is 28.6. The smallest absolute Gasteiger partial charge is 0.00261 e. The quantitative estimate of drug-likeness (QED) is 0.161. The first-order chi connectivity index (χ1) is 25.8. The van der Waals surface area contributed by atoms with Crippen LogP contribution in [0.15, 0.2) is 206 Å². The molecule has 52 heavy (non-hydrogen) atoms. The fourth-order valence-electron chi connectivity index (χ4n) is 8.29. The Morgan fingerprint density at radius 2 is 0.615 bits per heavy atom. The third-order valence-electron chi connectivity index (χ3n) is 10.7. The number of fused-ring (bicyclic) bond motifs is 4. The van der Waals surface area contributed by atoms with Crippen LogP contribution in [0.2, 0.25) is 0 Å². The summed E-state index contributed by atoms with van der Waals surface area (Å²) in [5, 5.41) is 10.1. The molecule has 0 aliphatic rings. The molecule has 0 aromatic heterocycles. The molecule has 0 saturated heterocycles. The second kappa shape index (κ2) is 12.5. The van der Waals surface area contributed by atoms with E-state index >= 15 is 0 Å². The summed E-state index contributed by atoms with van der Waals surface area (Å²) in [5.41, 5.74) is 12.4. The van der Waals surface area contributed by atoms with E-state index in [0.29, 0.717) is 0 Å². The van der Waals surface area contributed by atoms with E-state index in [9.17, 15) is 0 Å². The van der Waals surface area contributed by atoms with Crippen LogP contribution in [0.25, 0.3) is 98.7 Å². The summed E-state index contributed by atoms with van der Waals surface area (Å²) in [7, 11) is 0. The lowest BCUT2D eigenvalue weighted by atomic mass is 9.84. The van der Waals surface area contributed by atoms with Gasteiger partial charge in [0.15, 0.2) is 0 Å². The predicted molar refractivity (Wildman–Crippen MR) is 224 cm³/mol. The zero-order valence-corrected chi connectivity index (χ0v) is 28.6. The molecule has 0 radical (unpaired) electrons. The van der Waals surface area contributed by atoms with Crippen LogP contribution >= 0.6 is 0 Å². The largest absolute Gasteiger partial charge is 0.0622 e. The molecule has 0 aliphatic carbocycles. The van der Waals surface area contributed by atoms with Crippen molar-refractivity contribution in [3.8, 4) is 55.6 Å². The maximum absolute atomic E-state index is 2.44. The van der Waals surface area contributed by atoms with Gasteiger partial charge in [-0.1, -0.05) is 200 Å². The average Bonchev–Trinajstić information content (AvgIpc) is 3.22. The van der Waals surface area contributed by atoms with Gasteiger partial charge in [0.2, 0.25) is 0 Å². The van der Waals surface area contributed by atoms with E-state index in [1.54, 1.807) is 0 Å². The van der Waals surface area contributed by atoms with E-state index in [-0.39, 0.29) is 0 Å². The lowest BCUT2D eigenvalue weighted by Crippen LogP contribution is -1.92. The molecule has 0 unspecified atom stereocenters. The van der Waals surface area contributed by atoms with Crippen molar-refractivity contribution in [1.29, 1.82) is 0 Å². The van der Waals surface area contributed by atoms with Gasteiger partial charge in [-0.05, 0) is 105 Å². The number of hydrogen-bond acceptors (Lipinski definition) is 0. The van der Waals surface area contributed by atoms with E-state index in [0.717, 1.165) is 0 Å². The van der Waals surface area contributed by atoms with Gasteiger partial charge in [0.05, 0.1) is 0 Å². The summed E-state index contributed by atoms with van der Waals surface area (Å²) in [6.07, 6.45) is 0. The zero-order chi connectivity index (χ0) is 34.4. The molecule has 0 spiro atoms. The fraction of sp³-hybridized carbons (Fsp3) is 0. The van der Waals surface area contributed by atoms with Gasteiger partial charge in [0.25, 0.3) is 0 Å². The highest BCUT2D eigenvalue weighted by atomic mass is 14.2. The Morgan fingerprint density at radius 3 is 1.27 bits per heavy atom. The van der Waals surface area contributed by atoms with Crippen LogP contribution < -0.4 is 0 Å². The van der Waals surface area contributed by atoms with Crippen LogP contribution in [-0.2, 0) is 0 Å². The maximum Gasteiger partial charge on any atom is -0.00261 e. The molecule has 0 fully saturated rings. The van der Waals surface area contributed by atoms with Crippen molar-refractivity contribution in [3.63, 3.8) is 0 Å². The Kier molecular flexibility index (Phi) is 7.25. The number of benzene rings is 10. The maximum atomic E-state index is 2.44. The Balaban J connectivity index is 1.22. The Hall–Kier alpha value is -6.76. The first kappa shape index (κ1) is 30.1. The van der Waals surface area contributed by atoms with Gasteiger partial charge in [-0.25, -0.2) is 0 Å². The van der Waals surface area contributed by atoms with Gasteiger partial charge in [0, 0.05) is 0 Å². The molecule has 0 saturated carbocycles. The normalized spacial score (nSPS) is 11.5. The lowest BCUT2D eigenvalue weighted by Gasteiger charge is -2.19. The van der Waals surface area contributed by atoms with Gasteiger partial charge >= 0.3 is 0 Å². The van der Waals surface area contributed by atoms with Crippen molar-refractivity contribution in [2.75, 3.05) is 0 Å². The lowest BCUT2D eigenvalue weighted by molar-refractivity contribution is 1.60. The summed E-state index contributed by atoms with van der Waals surface area (Å²) in [6.45, 7) is 0. The van der Waals surface area contributed by atoms with E-state index in [2.05, 4.69) is 206 Å². The Bertz CT molecular complexity index is 2860. The summed E-state index contributed by atoms with van der Waals surface area (Å²) in [5.74, 6) is 0. The summed E-state index contributed by atoms with van der Waals surface area (Å²) >= 11 is 0. The highest BCUT2D eigenvalue weighted by molar-refractivity contribution is 6.22. The van der Waals surface area contributed by atoms with Crippen LogP contribution in [-0.4, -0.2) is 0 Å². The molecular formula is C52H34. The topological polar surface area (TPSA) is 0 Å². The van der Waals surface area contributed by atoms with Crippen LogP contribution in [0.1, 0.15) is 0 Å². The Morgan fingerprint density at radius 1 is 0.192 bits per heavy atom. The van der Waals surface area contributed by atoms with E-state index in [4.69, 9.17) is 0 Å². The van der Waals surface area contributed by atoms with Gasteiger partial charge < -0.3 is 0 Å². The molecule has 10 aromatic rings. The predicted octanol–water partition coefficient (Wildman–Crippen LogP) is 14.6. The third-order valence-corrected chi connectivity index (χ3v) is 10.7. The second-order valence-corrected chi connectivity index (χ2v) is 13.6.